The van der Waals surface area contributed by atoms with E-state index in [-0.39, 0.29) is 4.90 Å². The van der Waals surface area contributed by atoms with Gasteiger partial charge in [0.05, 0.1) is 5.41 Å². The van der Waals surface area contributed by atoms with E-state index >= 15 is 0 Å². The summed E-state index contributed by atoms with van der Waals surface area (Å²) in [6.45, 7) is 3.84. The molecule has 8 heteroatoms. The summed E-state index contributed by atoms with van der Waals surface area (Å²) < 4.78 is 26.7. The van der Waals surface area contributed by atoms with Crippen LogP contribution in [0.5, 0.6) is 0 Å². The van der Waals surface area contributed by atoms with Gasteiger partial charge in [-0.1, -0.05) is 6.42 Å². The SMILES string of the molecule is CC1(C(=O)O)CCN(c2ccc(S(=O)(=O)N3CCCCC3)cn2)C1. The first-order valence-corrected chi connectivity index (χ1v) is 9.71. The molecule has 7 nitrogen and oxygen atoms in total. The van der Waals surface area contributed by atoms with E-state index in [9.17, 15) is 18.3 Å². The van der Waals surface area contributed by atoms with E-state index in [2.05, 4.69) is 4.98 Å². The Balaban J connectivity index is 1.75. The number of nitrogens with zero attached hydrogens (tertiary/aromatic N) is 3. The van der Waals surface area contributed by atoms with Gasteiger partial charge in [0.15, 0.2) is 0 Å². The summed E-state index contributed by atoms with van der Waals surface area (Å²) in [5.74, 6) is -0.188. The molecule has 3 rings (SSSR count). The first-order chi connectivity index (χ1) is 11.3. The Bertz CT molecular complexity index is 713. The minimum Gasteiger partial charge on any atom is -0.481 e. The number of hydrogen-bond donors (Lipinski definition) is 1. The van der Waals surface area contributed by atoms with E-state index in [0.29, 0.717) is 38.4 Å². The molecule has 0 aliphatic carbocycles. The number of carbonyl (C=O) groups is 1. The van der Waals surface area contributed by atoms with Gasteiger partial charge in [-0.25, -0.2) is 13.4 Å². The highest BCUT2D eigenvalue weighted by Gasteiger charge is 2.41. The first kappa shape index (κ1) is 17.2. The molecule has 0 aromatic carbocycles. The maximum atomic E-state index is 12.6. The zero-order chi connectivity index (χ0) is 17.4. The zero-order valence-electron chi connectivity index (χ0n) is 13.8. The van der Waals surface area contributed by atoms with E-state index in [1.807, 2.05) is 4.90 Å². The molecule has 1 aromatic heterocycles. The van der Waals surface area contributed by atoms with Gasteiger partial charge in [-0.05, 0) is 38.3 Å². The molecule has 0 bridgehead atoms. The van der Waals surface area contributed by atoms with Gasteiger partial charge in [-0.15, -0.1) is 0 Å². The van der Waals surface area contributed by atoms with Crippen molar-refractivity contribution >= 4 is 21.8 Å². The van der Waals surface area contributed by atoms with Crippen molar-refractivity contribution in [3.63, 3.8) is 0 Å². The number of aliphatic carboxylic acids is 1. The normalized spacial score (nSPS) is 25.8. The maximum absolute atomic E-state index is 12.6. The minimum atomic E-state index is -3.48. The summed E-state index contributed by atoms with van der Waals surface area (Å²) in [4.78, 5) is 17.7. The van der Waals surface area contributed by atoms with E-state index in [1.54, 1.807) is 19.1 Å². The van der Waals surface area contributed by atoms with Crippen LogP contribution in [0.3, 0.4) is 0 Å². The summed E-state index contributed by atoms with van der Waals surface area (Å²) in [7, 11) is -3.48. The Kier molecular flexibility index (Phi) is 4.52. The molecule has 24 heavy (non-hydrogen) atoms. The zero-order valence-corrected chi connectivity index (χ0v) is 14.6. The highest BCUT2D eigenvalue weighted by Crippen LogP contribution is 2.33. The van der Waals surface area contributed by atoms with Gasteiger partial charge in [0, 0.05) is 32.4 Å². The van der Waals surface area contributed by atoms with Gasteiger partial charge < -0.3 is 10.0 Å². The standard InChI is InChI=1S/C16H23N3O4S/c1-16(15(20)21)7-10-18(12-16)14-6-5-13(11-17-14)24(22,23)19-8-3-2-4-9-19/h5-6,11H,2-4,7-10,12H2,1H3,(H,20,21). The van der Waals surface area contributed by atoms with Crippen molar-refractivity contribution in [1.29, 1.82) is 0 Å². The number of carboxylic acids is 1. The van der Waals surface area contributed by atoms with Crippen LogP contribution < -0.4 is 4.90 Å². The van der Waals surface area contributed by atoms with Crippen LogP contribution in [0.2, 0.25) is 0 Å². The number of hydrogen-bond acceptors (Lipinski definition) is 5. The summed E-state index contributed by atoms with van der Waals surface area (Å²) in [6, 6.07) is 3.24. The molecule has 132 valence electrons. The molecule has 2 aliphatic heterocycles. The molecule has 1 N–H and O–H groups in total. The Morgan fingerprint density at radius 2 is 1.92 bits per heavy atom. The number of aromatic nitrogens is 1. The number of carboxylic acid groups (broad SMARTS) is 1. The molecule has 3 heterocycles. The molecule has 0 amide bonds. The van der Waals surface area contributed by atoms with Crippen molar-refractivity contribution in [2.75, 3.05) is 31.1 Å². The Labute approximate surface area is 142 Å². The van der Waals surface area contributed by atoms with Crippen LogP contribution in [0.4, 0.5) is 5.82 Å². The third kappa shape index (κ3) is 3.12. The van der Waals surface area contributed by atoms with Crippen molar-refractivity contribution in [2.24, 2.45) is 5.41 Å². The summed E-state index contributed by atoms with van der Waals surface area (Å²) in [5, 5.41) is 9.30. The molecule has 0 spiro atoms. The average molecular weight is 353 g/mol. The third-order valence-corrected chi connectivity index (χ3v) is 6.87. The lowest BCUT2D eigenvalue weighted by atomic mass is 9.90. The van der Waals surface area contributed by atoms with Crippen LogP contribution in [0.25, 0.3) is 0 Å². The topological polar surface area (TPSA) is 90.8 Å². The lowest BCUT2D eigenvalue weighted by Crippen LogP contribution is -2.35. The van der Waals surface area contributed by atoms with E-state index < -0.39 is 21.4 Å². The van der Waals surface area contributed by atoms with Gasteiger partial charge in [0.25, 0.3) is 0 Å². The second kappa shape index (κ2) is 6.33. The largest absolute Gasteiger partial charge is 0.481 e. The molecular formula is C16H23N3O4S. The summed E-state index contributed by atoms with van der Waals surface area (Å²) >= 11 is 0. The predicted molar refractivity (Wildman–Crippen MR) is 89.4 cm³/mol. The van der Waals surface area contributed by atoms with Crippen molar-refractivity contribution in [1.82, 2.24) is 9.29 Å². The smallest absolute Gasteiger partial charge is 0.311 e. The fourth-order valence-electron chi connectivity index (χ4n) is 3.30. The lowest BCUT2D eigenvalue weighted by Gasteiger charge is -2.26. The van der Waals surface area contributed by atoms with Crippen LogP contribution in [-0.4, -0.2) is 55.0 Å². The average Bonchev–Trinajstić information content (AvgIpc) is 3.00. The lowest BCUT2D eigenvalue weighted by molar-refractivity contribution is -0.146. The second-order valence-corrected chi connectivity index (χ2v) is 8.79. The Hall–Kier alpha value is -1.67. The van der Waals surface area contributed by atoms with E-state index in [1.165, 1.54) is 10.5 Å². The third-order valence-electron chi connectivity index (χ3n) is 4.99. The van der Waals surface area contributed by atoms with Gasteiger partial charge >= 0.3 is 5.97 Å². The van der Waals surface area contributed by atoms with E-state index in [4.69, 9.17) is 0 Å². The van der Waals surface area contributed by atoms with Gasteiger partial charge in [0.2, 0.25) is 10.0 Å². The molecule has 2 saturated heterocycles. The highest BCUT2D eigenvalue weighted by molar-refractivity contribution is 7.89. The van der Waals surface area contributed by atoms with Gasteiger partial charge in [-0.2, -0.15) is 4.31 Å². The second-order valence-electron chi connectivity index (χ2n) is 6.85. The van der Waals surface area contributed by atoms with Crippen molar-refractivity contribution in [3.8, 4) is 0 Å². The molecule has 0 saturated carbocycles. The Morgan fingerprint density at radius 3 is 2.46 bits per heavy atom. The number of pyridine rings is 1. The molecule has 2 aliphatic rings. The number of piperidine rings is 1. The van der Waals surface area contributed by atoms with Crippen LogP contribution in [-0.2, 0) is 14.8 Å². The summed E-state index contributed by atoms with van der Waals surface area (Å²) in [6.07, 6.45) is 4.80. The molecule has 2 fully saturated rings. The van der Waals surface area contributed by atoms with E-state index in [0.717, 1.165) is 19.3 Å². The number of sulfonamides is 1. The maximum Gasteiger partial charge on any atom is 0.311 e. The van der Waals surface area contributed by atoms with Crippen LogP contribution in [0.1, 0.15) is 32.6 Å². The number of anilines is 1. The van der Waals surface area contributed by atoms with Crippen LogP contribution >= 0.6 is 0 Å². The first-order valence-electron chi connectivity index (χ1n) is 8.27. The van der Waals surface area contributed by atoms with Crippen molar-refractivity contribution in [3.05, 3.63) is 18.3 Å². The van der Waals surface area contributed by atoms with Crippen molar-refractivity contribution in [2.45, 2.75) is 37.5 Å². The van der Waals surface area contributed by atoms with Crippen molar-refractivity contribution < 1.29 is 18.3 Å². The molecular weight excluding hydrogens is 330 g/mol. The fraction of sp³-hybridized carbons (Fsp3) is 0.625. The fourth-order valence-corrected chi connectivity index (χ4v) is 4.76. The van der Waals surface area contributed by atoms with Gasteiger partial charge in [-0.3, -0.25) is 4.79 Å². The van der Waals surface area contributed by atoms with Crippen LogP contribution in [0.15, 0.2) is 23.2 Å². The highest BCUT2D eigenvalue weighted by atomic mass is 32.2. The summed E-state index contributed by atoms with van der Waals surface area (Å²) in [5.41, 5.74) is -0.778. The monoisotopic (exact) mass is 353 g/mol. The quantitative estimate of drug-likeness (QED) is 0.883. The molecule has 1 atom stereocenters. The van der Waals surface area contributed by atoms with Crippen LogP contribution in [0, 0.1) is 5.41 Å². The predicted octanol–water partition coefficient (Wildman–Crippen LogP) is 1.56. The van der Waals surface area contributed by atoms with Gasteiger partial charge in [0.1, 0.15) is 10.7 Å². The molecule has 0 radical (unpaired) electrons. The molecule has 1 aromatic rings. The minimum absolute atomic E-state index is 0.202. The number of rotatable bonds is 4. The Morgan fingerprint density at radius 1 is 1.21 bits per heavy atom. The molecule has 1 unspecified atom stereocenters.